The second kappa shape index (κ2) is 4.86. The average molecular weight is 323 g/mol. The van der Waals surface area contributed by atoms with E-state index in [1.54, 1.807) is 18.2 Å². The summed E-state index contributed by atoms with van der Waals surface area (Å²) in [6, 6.07) is 9.38. The largest absolute Gasteiger partial charge is 0.508 e. The molecule has 2 aromatic carbocycles. The van der Waals surface area contributed by atoms with Gasteiger partial charge in [0.15, 0.2) is 0 Å². The topological polar surface area (TPSA) is 76.1 Å². The lowest BCUT2D eigenvalue weighted by Gasteiger charge is -2.12. The molecule has 0 radical (unpaired) electrons. The second-order valence-corrected chi connectivity index (χ2v) is 5.78. The molecule has 24 heavy (non-hydrogen) atoms. The molecule has 1 N–H and O–H groups in total. The number of carbonyl (C=O) groups is 2. The Hall–Kier alpha value is -3.28. The number of hydrogen-bond donors (Lipinski definition) is 1. The molecule has 2 aliphatic rings. The monoisotopic (exact) mass is 323 g/mol. The summed E-state index contributed by atoms with van der Waals surface area (Å²) in [5, 5.41) is 9.50. The Morgan fingerprint density at radius 1 is 0.833 bits per heavy atom. The number of hydrogen-bond acceptors (Lipinski definition) is 6. The van der Waals surface area contributed by atoms with E-state index in [1.807, 2.05) is 19.0 Å². The minimum absolute atomic E-state index is 0.0228. The first kappa shape index (κ1) is 14.3. The summed E-state index contributed by atoms with van der Waals surface area (Å²) >= 11 is 0. The maximum atomic E-state index is 12.6. The van der Waals surface area contributed by atoms with E-state index in [-0.39, 0.29) is 28.6 Å². The van der Waals surface area contributed by atoms with E-state index in [4.69, 9.17) is 9.47 Å². The molecule has 0 aliphatic carbocycles. The van der Waals surface area contributed by atoms with Gasteiger partial charge in [0, 0.05) is 31.9 Å². The minimum atomic E-state index is -0.436. The Labute approximate surface area is 137 Å². The van der Waals surface area contributed by atoms with Crippen molar-refractivity contribution in [2.24, 2.45) is 0 Å². The van der Waals surface area contributed by atoms with Crippen LogP contribution in [0.15, 0.2) is 47.9 Å². The summed E-state index contributed by atoms with van der Waals surface area (Å²) in [4.78, 5) is 26.9. The fraction of sp³-hybridized carbons (Fsp3) is 0.111. The van der Waals surface area contributed by atoms with Crippen LogP contribution in [-0.4, -0.2) is 30.8 Å². The lowest BCUT2D eigenvalue weighted by molar-refractivity contribution is 0.0960. The summed E-state index contributed by atoms with van der Waals surface area (Å²) in [5.74, 6) is -0.521. The standard InChI is InChI=1S/C18H13NO5/c1-19(2)9-3-5-11-13(7-9)23-17(15(11)21)18-16(22)12-6-4-10(20)8-14(12)24-18/h3-8,20H,1-2H3/b18-17-. The van der Waals surface area contributed by atoms with Crippen molar-refractivity contribution in [1.29, 1.82) is 0 Å². The number of ether oxygens (including phenoxy) is 2. The van der Waals surface area contributed by atoms with Crippen LogP contribution in [0, 0.1) is 0 Å². The summed E-state index contributed by atoms with van der Waals surface area (Å²) in [5.41, 5.74) is 1.55. The van der Waals surface area contributed by atoms with Crippen LogP contribution in [0.5, 0.6) is 17.2 Å². The van der Waals surface area contributed by atoms with Crippen LogP contribution < -0.4 is 14.4 Å². The molecule has 0 saturated heterocycles. The number of carbonyl (C=O) groups excluding carboxylic acids is 2. The number of phenolic OH excluding ortho intramolecular Hbond substituents is 1. The van der Waals surface area contributed by atoms with Crippen molar-refractivity contribution in [3.8, 4) is 17.2 Å². The van der Waals surface area contributed by atoms with Gasteiger partial charge in [-0.15, -0.1) is 0 Å². The number of fused-ring (bicyclic) bond motifs is 2. The molecule has 2 aromatic rings. The fourth-order valence-electron chi connectivity index (χ4n) is 2.70. The molecule has 6 heteroatoms. The van der Waals surface area contributed by atoms with Crippen molar-refractivity contribution in [3.63, 3.8) is 0 Å². The minimum Gasteiger partial charge on any atom is -0.508 e. The highest BCUT2D eigenvalue weighted by molar-refractivity contribution is 6.20. The van der Waals surface area contributed by atoms with Gasteiger partial charge >= 0.3 is 0 Å². The number of benzene rings is 2. The third-order valence-corrected chi connectivity index (χ3v) is 3.98. The Kier molecular flexibility index (Phi) is 2.90. The molecule has 120 valence electrons. The Morgan fingerprint density at radius 3 is 1.96 bits per heavy atom. The van der Waals surface area contributed by atoms with Gasteiger partial charge in [0.25, 0.3) is 0 Å². The van der Waals surface area contributed by atoms with Gasteiger partial charge in [-0.3, -0.25) is 9.59 Å². The lowest BCUT2D eigenvalue weighted by atomic mass is 10.1. The zero-order valence-electron chi connectivity index (χ0n) is 13.0. The van der Waals surface area contributed by atoms with E-state index in [9.17, 15) is 14.7 Å². The summed E-state index contributed by atoms with van der Waals surface area (Å²) in [7, 11) is 3.76. The van der Waals surface area contributed by atoms with Crippen LogP contribution in [0.25, 0.3) is 0 Å². The molecule has 6 nitrogen and oxygen atoms in total. The predicted octanol–water partition coefficient (Wildman–Crippen LogP) is 2.52. The first-order valence-electron chi connectivity index (χ1n) is 7.29. The van der Waals surface area contributed by atoms with Gasteiger partial charge in [-0.1, -0.05) is 0 Å². The maximum Gasteiger partial charge on any atom is 0.236 e. The van der Waals surface area contributed by atoms with Gasteiger partial charge in [0.2, 0.25) is 23.1 Å². The van der Waals surface area contributed by atoms with Crippen molar-refractivity contribution in [2.75, 3.05) is 19.0 Å². The Bertz CT molecular complexity index is 942. The SMILES string of the molecule is CN(C)c1ccc2c(c1)O/C(=C1\Oc3cc(O)ccc3C1=O)C2=O. The number of nitrogens with zero attached hydrogens (tertiary/aromatic N) is 1. The number of ketones is 2. The molecule has 0 spiro atoms. The van der Waals surface area contributed by atoms with Crippen molar-refractivity contribution in [3.05, 3.63) is 59.0 Å². The van der Waals surface area contributed by atoms with Gasteiger partial charge in [0.05, 0.1) is 11.1 Å². The van der Waals surface area contributed by atoms with Gasteiger partial charge in [-0.05, 0) is 24.3 Å². The zero-order chi connectivity index (χ0) is 17.0. The van der Waals surface area contributed by atoms with Crippen molar-refractivity contribution in [1.82, 2.24) is 0 Å². The van der Waals surface area contributed by atoms with E-state index in [1.165, 1.54) is 18.2 Å². The van der Waals surface area contributed by atoms with Crippen LogP contribution >= 0.6 is 0 Å². The van der Waals surface area contributed by atoms with Gasteiger partial charge in [0.1, 0.15) is 17.2 Å². The van der Waals surface area contributed by atoms with Crippen LogP contribution in [-0.2, 0) is 0 Å². The second-order valence-electron chi connectivity index (χ2n) is 5.78. The third-order valence-electron chi connectivity index (χ3n) is 3.98. The molecular formula is C18H13NO5. The molecule has 4 rings (SSSR count). The van der Waals surface area contributed by atoms with Gasteiger partial charge in [-0.25, -0.2) is 0 Å². The smallest absolute Gasteiger partial charge is 0.236 e. The van der Waals surface area contributed by atoms with Crippen LogP contribution in [0.1, 0.15) is 20.7 Å². The van der Waals surface area contributed by atoms with Crippen LogP contribution in [0.4, 0.5) is 5.69 Å². The van der Waals surface area contributed by atoms with E-state index in [2.05, 4.69) is 0 Å². The van der Waals surface area contributed by atoms with Crippen LogP contribution in [0.2, 0.25) is 0 Å². The molecule has 0 atom stereocenters. The normalized spacial score (nSPS) is 18.1. The first-order valence-corrected chi connectivity index (χ1v) is 7.29. The van der Waals surface area contributed by atoms with Crippen molar-refractivity contribution in [2.45, 2.75) is 0 Å². The van der Waals surface area contributed by atoms with E-state index in [0.29, 0.717) is 11.3 Å². The number of rotatable bonds is 1. The molecule has 0 aromatic heterocycles. The van der Waals surface area contributed by atoms with Gasteiger partial charge in [-0.2, -0.15) is 0 Å². The van der Waals surface area contributed by atoms with E-state index in [0.717, 1.165) is 5.69 Å². The first-order chi connectivity index (χ1) is 11.5. The van der Waals surface area contributed by atoms with Gasteiger partial charge < -0.3 is 19.5 Å². The zero-order valence-corrected chi connectivity index (χ0v) is 13.0. The summed E-state index contributed by atoms with van der Waals surface area (Å²) < 4.78 is 11.1. The third kappa shape index (κ3) is 1.96. The highest BCUT2D eigenvalue weighted by atomic mass is 16.5. The van der Waals surface area contributed by atoms with Crippen LogP contribution in [0.3, 0.4) is 0 Å². The molecule has 0 saturated carbocycles. The number of phenols is 1. The Morgan fingerprint density at radius 2 is 1.38 bits per heavy atom. The van der Waals surface area contributed by atoms with Crippen molar-refractivity contribution < 1.29 is 24.2 Å². The molecule has 2 aliphatic heterocycles. The summed E-state index contributed by atoms with van der Waals surface area (Å²) in [6.07, 6.45) is 0. The number of allylic oxidation sites excluding steroid dienone is 2. The lowest BCUT2D eigenvalue weighted by Crippen LogP contribution is -2.10. The molecule has 0 fully saturated rings. The average Bonchev–Trinajstić information content (AvgIpc) is 3.04. The molecule has 0 bridgehead atoms. The number of aromatic hydroxyl groups is 1. The number of Topliss-reactive ketones (excluding diaryl/α,β-unsaturated/α-hetero) is 2. The number of anilines is 1. The quantitative estimate of drug-likeness (QED) is 0.813. The summed E-state index contributed by atoms with van der Waals surface area (Å²) in [6.45, 7) is 0. The maximum absolute atomic E-state index is 12.6. The van der Waals surface area contributed by atoms with Crippen molar-refractivity contribution >= 4 is 17.3 Å². The molecule has 0 amide bonds. The molecular weight excluding hydrogens is 310 g/mol. The predicted molar refractivity (Wildman–Crippen MR) is 85.8 cm³/mol. The van der Waals surface area contributed by atoms with E-state index < -0.39 is 11.6 Å². The molecule has 0 unspecified atom stereocenters. The fourth-order valence-corrected chi connectivity index (χ4v) is 2.70. The highest BCUT2D eigenvalue weighted by Crippen LogP contribution is 2.40. The van der Waals surface area contributed by atoms with E-state index >= 15 is 0 Å². The highest BCUT2D eigenvalue weighted by Gasteiger charge is 2.39. The molecule has 2 heterocycles. The Balaban J connectivity index is 1.77.